The van der Waals surface area contributed by atoms with Crippen LogP contribution in [-0.4, -0.2) is 29.5 Å². The molecule has 1 heterocycles. The number of rotatable bonds is 4. The third-order valence-corrected chi connectivity index (χ3v) is 1.40. The van der Waals surface area contributed by atoms with Crippen molar-refractivity contribution in [1.82, 2.24) is 9.78 Å². The van der Waals surface area contributed by atoms with Gasteiger partial charge in [-0.2, -0.15) is 5.10 Å². The Kier molecular flexibility index (Phi) is 3.27. The number of hydrogen-bond donors (Lipinski definition) is 2. The molecule has 0 aliphatic rings. The Bertz CT molecular complexity index is 289. The van der Waals surface area contributed by atoms with Gasteiger partial charge < -0.3 is 16.2 Å². The largest absolute Gasteiger partial charge is 0.383 e. The maximum absolute atomic E-state index is 5.20. The summed E-state index contributed by atoms with van der Waals surface area (Å²) in [6.45, 7) is 1.30. The lowest BCUT2D eigenvalue weighted by Gasteiger charge is -1.97. The van der Waals surface area contributed by atoms with E-state index < -0.39 is 0 Å². The van der Waals surface area contributed by atoms with Crippen molar-refractivity contribution in [2.24, 2.45) is 16.5 Å². The van der Waals surface area contributed by atoms with Gasteiger partial charge in [-0.25, -0.2) is 4.99 Å². The number of nitrogens with two attached hydrogens (primary N) is 2. The zero-order valence-corrected chi connectivity index (χ0v) is 7.47. The number of guanidine groups is 1. The van der Waals surface area contributed by atoms with Gasteiger partial charge in [0.15, 0.2) is 5.96 Å². The summed E-state index contributed by atoms with van der Waals surface area (Å²) in [6, 6.07) is 0. The number of aromatic nitrogens is 2. The van der Waals surface area contributed by atoms with Gasteiger partial charge in [0.05, 0.1) is 25.5 Å². The van der Waals surface area contributed by atoms with E-state index in [4.69, 9.17) is 16.2 Å². The first-order valence-electron chi connectivity index (χ1n) is 3.83. The first-order chi connectivity index (χ1) is 6.22. The highest BCUT2D eigenvalue weighted by Gasteiger charge is 1.96. The molecule has 4 N–H and O–H groups in total. The van der Waals surface area contributed by atoms with Gasteiger partial charge >= 0.3 is 0 Å². The van der Waals surface area contributed by atoms with E-state index in [1.165, 1.54) is 0 Å². The Morgan fingerprint density at radius 1 is 1.69 bits per heavy atom. The summed E-state index contributed by atoms with van der Waals surface area (Å²) < 4.78 is 6.60. The molecule has 0 amide bonds. The van der Waals surface area contributed by atoms with E-state index in [2.05, 4.69) is 10.1 Å². The van der Waals surface area contributed by atoms with Crippen LogP contribution in [0.25, 0.3) is 0 Å². The van der Waals surface area contributed by atoms with E-state index >= 15 is 0 Å². The predicted molar refractivity (Wildman–Crippen MR) is 49.6 cm³/mol. The van der Waals surface area contributed by atoms with E-state index in [0.717, 1.165) is 0 Å². The number of hydrogen-bond acceptors (Lipinski definition) is 3. The van der Waals surface area contributed by atoms with Crippen LogP contribution in [0.2, 0.25) is 0 Å². The highest BCUT2D eigenvalue weighted by molar-refractivity contribution is 5.78. The summed E-state index contributed by atoms with van der Waals surface area (Å²) in [5, 5.41) is 4.03. The van der Waals surface area contributed by atoms with E-state index in [-0.39, 0.29) is 5.96 Å². The zero-order chi connectivity index (χ0) is 9.68. The molecule has 0 aliphatic heterocycles. The van der Waals surface area contributed by atoms with Gasteiger partial charge in [-0.15, -0.1) is 0 Å². The van der Waals surface area contributed by atoms with E-state index in [9.17, 15) is 0 Å². The monoisotopic (exact) mass is 183 g/mol. The molecule has 0 atom stereocenters. The number of methoxy groups -OCH3 is 1. The summed E-state index contributed by atoms with van der Waals surface area (Å²) >= 11 is 0. The molecular formula is C7H13N5O. The van der Waals surface area contributed by atoms with Gasteiger partial charge in [0.1, 0.15) is 5.69 Å². The Morgan fingerprint density at radius 3 is 3.08 bits per heavy atom. The van der Waals surface area contributed by atoms with Crippen molar-refractivity contribution >= 4 is 11.6 Å². The lowest BCUT2D eigenvalue weighted by Crippen LogP contribution is -2.21. The summed E-state index contributed by atoms with van der Waals surface area (Å²) in [6.07, 6.45) is 3.34. The molecule has 0 aliphatic carbocycles. The Labute approximate surface area is 76.2 Å². The first-order valence-corrected chi connectivity index (χ1v) is 3.83. The van der Waals surface area contributed by atoms with Crippen LogP contribution in [0.15, 0.2) is 17.4 Å². The molecule has 0 radical (unpaired) electrons. The van der Waals surface area contributed by atoms with Crippen LogP contribution in [0.5, 0.6) is 0 Å². The van der Waals surface area contributed by atoms with Crippen LogP contribution >= 0.6 is 0 Å². The van der Waals surface area contributed by atoms with Crippen LogP contribution in [0.3, 0.4) is 0 Å². The highest BCUT2D eigenvalue weighted by atomic mass is 16.5. The predicted octanol–water partition coefficient (Wildman–Crippen LogP) is -0.566. The summed E-state index contributed by atoms with van der Waals surface area (Å²) in [5.41, 5.74) is 11.0. The molecule has 6 nitrogen and oxygen atoms in total. The van der Waals surface area contributed by atoms with Crippen LogP contribution in [0, 0.1) is 0 Å². The average Bonchev–Trinajstić information content (AvgIpc) is 2.48. The summed E-state index contributed by atoms with van der Waals surface area (Å²) in [7, 11) is 1.64. The molecule has 1 rings (SSSR count). The SMILES string of the molecule is COCCn1cc(N=C(N)N)cn1. The van der Waals surface area contributed by atoms with Crippen molar-refractivity contribution in [2.45, 2.75) is 6.54 Å². The second-order valence-electron chi connectivity index (χ2n) is 2.49. The fourth-order valence-electron chi connectivity index (χ4n) is 0.867. The average molecular weight is 183 g/mol. The van der Waals surface area contributed by atoms with Crippen molar-refractivity contribution in [1.29, 1.82) is 0 Å². The quantitative estimate of drug-likeness (QED) is 0.483. The smallest absolute Gasteiger partial charge is 0.191 e. The van der Waals surface area contributed by atoms with Crippen LogP contribution in [0.1, 0.15) is 0 Å². The molecule has 0 bridgehead atoms. The maximum atomic E-state index is 5.20. The maximum Gasteiger partial charge on any atom is 0.191 e. The molecule has 72 valence electrons. The second kappa shape index (κ2) is 4.46. The summed E-state index contributed by atoms with van der Waals surface area (Å²) in [4.78, 5) is 3.84. The van der Waals surface area contributed by atoms with Crippen molar-refractivity contribution in [3.8, 4) is 0 Å². The normalized spacial score (nSPS) is 9.92. The van der Waals surface area contributed by atoms with Crippen molar-refractivity contribution in [3.05, 3.63) is 12.4 Å². The molecule has 1 aromatic rings. The van der Waals surface area contributed by atoms with Gasteiger partial charge in [0.2, 0.25) is 0 Å². The molecule has 0 unspecified atom stereocenters. The molecule has 6 heteroatoms. The molecule has 0 spiro atoms. The number of aliphatic imine (C=N–C) groups is 1. The van der Waals surface area contributed by atoms with Crippen molar-refractivity contribution < 1.29 is 4.74 Å². The van der Waals surface area contributed by atoms with Crippen LogP contribution in [0.4, 0.5) is 5.69 Å². The fraction of sp³-hybridized carbons (Fsp3) is 0.429. The molecule has 0 fully saturated rings. The molecular weight excluding hydrogens is 170 g/mol. The van der Waals surface area contributed by atoms with Gasteiger partial charge in [0, 0.05) is 7.11 Å². The minimum Gasteiger partial charge on any atom is -0.383 e. The van der Waals surface area contributed by atoms with Crippen molar-refractivity contribution in [2.75, 3.05) is 13.7 Å². The Morgan fingerprint density at radius 2 is 2.46 bits per heavy atom. The molecule has 13 heavy (non-hydrogen) atoms. The molecule has 0 saturated heterocycles. The van der Waals surface area contributed by atoms with E-state index in [0.29, 0.717) is 18.8 Å². The standard InChI is InChI=1S/C7H13N5O/c1-13-3-2-12-5-6(4-10-12)11-7(8)9/h4-5H,2-3H2,1H3,(H4,8,9,11). The number of ether oxygens (including phenoxy) is 1. The van der Waals surface area contributed by atoms with Crippen molar-refractivity contribution in [3.63, 3.8) is 0 Å². The minimum atomic E-state index is 0.0336. The van der Waals surface area contributed by atoms with Gasteiger partial charge in [-0.3, -0.25) is 4.68 Å². The lowest BCUT2D eigenvalue weighted by molar-refractivity contribution is 0.183. The Balaban J connectivity index is 2.58. The van der Waals surface area contributed by atoms with E-state index in [1.54, 1.807) is 24.2 Å². The third-order valence-electron chi connectivity index (χ3n) is 1.40. The second-order valence-corrected chi connectivity index (χ2v) is 2.49. The number of nitrogens with zero attached hydrogens (tertiary/aromatic N) is 3. The highest BCUT2D eigenvalue weighted by Crippen LogP contribution is 2.08. The third kappa shape index (κ3) is 3.12. The van der Waals surface area contributed by atoms with Gasteiger partial charge in [-0.1, -0.05) is 0 Å². The first kappa shape index (κ1) is 9.53. The van der Waals surface area contributed by atoms with Crippen LogP contribution in [-0.2, 0) is 11.3 Å². The zero-order valence-electron chi connectivity index (χ0n) is 7.47. The van der Waals surface area contributed by atoms with Gasteiger partial charge in [-0.05, 0) is 0 Å². The Hall–Kier alpha value is -1.56. The van der Waals surface area contributed by atoms with Gasteiger partial charge in [0.25, 0.3) is 0 Å². The van der Waals surface area contributed by atoms with Crippen LogP contribution < -0.4 is 11.5 Å². The molecule has 1 aromatic heterocycles. The van der Waals surface area contributed by atoms with E-state index in [1.807, 2.05) is 0 Å². The fourth-order valence-corrected chi connectivity index (χ4v) is 0.867. The topological polar surface area (TPSA) is 91.5 Å². The lowest BCUT2D eigenvalue weighted by atomic mass is 10.6. The molecule has 0 saturated carbocycles. The minimum absolute atomic E-state index is 0.0336. The molecule has 0 aromatic carbocycles. The summed E-state index contributed by atoms with van der Waals surface area (Å²) in [5.74, 6) is 0.0336.